The first-order valence-electron chi connectivity index (χ1n) is 6.06. The van der Waals surface area contributed by atoms with Crippen LogP contribution >= 0.6 is 0 Å². The molecule has 2 N–H and O–H groups in total. The van der Waals surface area contributed by atoms with Crippen molar-refractivity contribution in [2.24, 2.45) is 5.73 Å². The highest BCUT2D eigenvalue weighted by molar-refractivity contribution is 5.79. The average molecular weight is 246 g/mol. The average Bonchev–Trinajstić information content (AvgIpc) is 2.32. The van der Waals surface area contributed by atoms with Crippen LogP contribution in [0.2, 0.25) is 0 Å². The number of nitrogens with two attached hydrogens (primary N) is 1. The number of nitrogens with zero attached hydrogens (tertiary/aromatic N) is 1. The monoisotopic (exact) mass is 246 g/mol. The van der Waals surface area contributed by atoms with Gasteiger partial charge >= 0.3 is 5.97 Å². The van der Waals surface area contributed by atoms with Crippen molar-refractivity contribution in [2.45, 2.75) is 32.2 Å². The molecule has 0 aliphatic heterocycles. The first kappa shape index (κ1) is 16.4. The molecule has 0 aromatic heterocycles. The Morgan fingerprint density at radius 3 is 2.47 bits per heavy atom. The molecule has 0 fully saturated rings. The fraction of sp³-hybridized carbons (Fsp3) is 0.917. The number of esters is 1. The molecule has 0 heterocycles. The lowest BCUT2D eigenvalue weighted by atomic mass is 9.97. The summed E-state index contributed by atoms with van der Waals surface area (Å²) >= 11 is 0. The van der Waals surface area contributed by atoms with Crippen LogP contribution in [0.1, 0.15) is 26.7 Å². The second-order valence-electron chi connectivity index (χ2n) is 4.44. The maximum Gasteiger partial charge on any atom is 0.325 e. The van der Waals surface area contributed by atoms with E-state index in [0.717, 1.165) is 32.7 Å². The molecule has 0 radical (unpaired) electrons. The zero-order valence-electron chi connectivity index (χ0n) is 11.5. The molecule has 0 spiro atoms. The van der Waals surface area contributed by atoms with Crippen molar-refractivity contribution < 1.29 is 14.3 Å². The van der Waals surface area contributed by atoms with Gasteiger partial charge in [0.05, 0.1) is 13.7 Å². The summed E-state index contributed by atoms with van der Waals surface area (Å²) in [6.45, 7) is 7.35. The molecule has 0 aromatic carbocycles. The fourth-order valence-electron chi connectivity index (χ4n) is 1.65. The number of carbonyl (C=O) groups is 1. The van der Waals surface area contributed by atoms with E-state index in [9.17, 15) is 4.79 Å². The summed E-state index contributed by atoms with van der Waals surface area (Å²) in [5.74, 6) is -0.350. The maximum atomic E-state index is 11.4. The van der Waals surface area contributed by atoms with Gasteiger partial charge in [0.25, 0.3) is 0 Å². The number of likely N-dealkylation sites (N-methyl/N-ethyl adjacent to an activating group) is 1. The number of ether oxygens (including phenoxy) is 2. The smallest absolute Gasteiger partial charge is 0.325 e. The van der Waals surface area contributed by atoms with Gasteiger partial charge in [0.2, 0.25) is 0 Å². The van der Waals surface area contributed by atoms with Gasteiger partial charge in [-0.15, -0.1) is 0 Å². The Bertz CT molecular complexity index is 220. The molecular weight excluding hydrogens is 220 g/mol. The summed E-state index contributed by atoms with van der Waals surface area (Å²) < 4.78 is 9.70. The van der Waals surface area contributed by atoms with E-state index in [1.165, 1.54) is 7.11 Å². The molecule has 0 aromatic rings. The van der Waals surface area contributed by atoms with Gasteiger partial charge in [0, 0.05) is 13.7 Å². The fourth-order valence-corrected chi connectivity index (χ4v) is 1.65. The van der Waals surface area contributed by atoms with Gasteiger partial charge in [-0.05, 0) is 32.9 Å². The van der Waals surface area contributed by atoms with Gasteiger partial charge < -0.3 is 20.1 Å². The SMILES string of the molecule is CCN(CCCC(C)(N)C(=O)OC)CCOC. The number of hydrogen-bond acceptors (Lipinski definition) is 5. The van der Waals surface area contributed by atoms with Crippen molar-refractivity contribution in [1.29, 1.82) is 0 Å². The maximum absolute atomic E-state index is 11.4. The summed E-state index contributed by atoms with van der Waals surface area (Å²) in [5.41, 5.74) is 5.00. The van der Waals surface area contributed by atoms with Gasteiger partial charge in [-0.3, -0.25) is 4.79 Å². The minimum absolute atomic E-state index is 0.350. The van der Waals surface area contributed by atoms with Crippen LogP contribution in [0.5, 0.6) is 0 Å². The van der Waals surface area contributed by atoms with E-state index < -0.39 is 5.54 Å². The summed E-state index contributed by atoms with van der Waals surface area (Å²) in [7, 11) is 3.06. The summed E-state index contributed by atoms with van der Waals surface area (Å²) in [4.78, 5) is 13.6. The largest absolute Gasteiger partial charge is 0.468 e. The Morgan fingerprint density at radius 1 is 1.35 bits per heavy atom. The van der Waals surface area contributed by atoms with E-state index in [-0.39, 0.29) is 5.97 Å². The second-order valence-corrected chi connectivity index (χ2v) is 4.44. The predicted octanol–water partition coefficient (Wildman–Crippen LogP) is 0.625. The molecule has 5 heteroatoms. The zero-order chi connectivity index (χ0) is 13.3. The molecule has 1 unspecified atom stereocenters. The van der Waals surface area contributed by atoms with Crippen LogP contribution in [-0.4, -0.2) is 56.9 Å². The first-order chi connectivity index (χ1) is 7.97. The van der Waals surface area contributed by atoms with Crippen molar-refractivity contribution in [2.75, 3.05) is 40.5 Å². The Morgan fingerprint density at radius 2 is 2.00 bits per heavy atom. The Balaban J connectivity index is 3.91. The Hall–Kier alpha value is -0.650. The van der Waals surface area contributed by atoms with E-state index >= 15 is 0 Å². The van der Waals surface area contributed by atoms with Crippen LogP contribution in [0.4, 0.5) is 0 Å². The lowest BCUT2D eigenvalue weighted by Gasteiger charge is -2.24. The van der Waals surface area contributed by atoms with Gasteiger partial charge in [0.15, 0.2) is 0 Å². The molecule has 17 heavy (non-hydrogen) atoms. The molecule has 0 saturated heterocycles. The molecular formula is C12H26N2O3. The minimum atomic E-state index is -0.880. The standard InChI is InChI=1S/C12H26N2O3/c1-5-14(9-10-16-3)8-6-7-12(2,13)11(15)17-4/h5-10,13H2,1-4H3. The molecule has 0 bridgehead atoms. The van der Waals surface area contributed by atoms with Crippen molar-refractivity contribution in [3.63, 3.8) is 0 Å². The number of carbonyl (C=O) groups excluding carboxylic acids is 1. The van der Waals surface area contributed by atoms with Crippen LogP contribution in [0.25, 0.3) is 0 Å². The third kappa shape index (κ3) is 6.61. The molecule has 102 valence electrons. The van der Waals surface area contributed by atoms with Crippen molar-refractivity contribution in [3.8, 4) is 0 Å². The molecule has 0 aliphatic carbocycles. The number of hydrogen-bond donors (Lipinski definition) is 1. The number of methoxy groups -OCH3 is 2. The summed E-state index contributed by atoms with van der Waals surface area (Å²) in [5, 5.41) is 0. The van der Waals surface area contributed by atoms with E-state index in [2.05, 4.69) is 16.6 Å². The molecule has 0 rings (SSSR count). The van der Waals surface area contributed by atoms with E-state index in [1.807, 2.05) is 0 Å². The van der Waals surface area contributed by atoms with E-state index in [1.54, 1.807) is 14.0 Å². The van der Waals surface area contributed by atoms with Crippen molar-refractivity contribution in [3.05, 3.63) is 0 Å². The zero-order valence-corrected chi connectivity index (χ0v) is 11.5. The third-order valence-electron chi connectivity index (χ3n) is 2.88. The van der Waals surface area contributed by atoms with Crippen LogP contribution in [0.3, 0.4) is 0 Å². The topological polar surface area (TPSA) is 64.8 Å². The highest BCUT2D eigenvalue weighted by Gasteiger charge is 2.28. The van der Waals surface area contributed by atoms with Crippen molar-refractivity contribution >= 4 is 5.97 Å². The lowest BCUT2D eigenvalue weighted by Crippen LogP contribution is -2.46. The van der Waals surface area contributed by atoms with Gasteiger partial charge in [-0.2, -0.15) is 0 Å². The van der Waals surface area contributed by atoms with Crippen LogP contribution < -0.4 is 5.73 Å². The van der Waals surface area contributed by atoms with Crippen LogP contribution in [-0.2, 0) is 14.3 Å². The lowest BCUT2D eigenvalue weighted by molar-refractivity contribution is -0.146. The van der Waals surface area contributed by atoms with E-state index in [0.29, 0.717) is 6.42 Å². The second kappa shape index (κ2) is 8.44. The third-order valence-corrected chi connectivity index (χ3v) is 2.88. The quantitative estimate of drug-likeness (QED) is 0.604. The highest BCUT2D eigenvalue weighted by Crippen LogP contribution is 2.11. The Labute approximate surface area is 104 Å². The van der Waals surface area contributed by atoms with Crippen LogP contribution in [0, 0.1) is 0 Å². The summed E-state index contributed by atoms with van der Waals surface area (Å²) in [6, 6.07) is 0. The number of rotatable bonds is 9. The molecule has 5 nitrogen and oxygen atoms in total. The molecule has 0 saturated carbocycles. The predicted molar refractivity (Wildman–Crippen MR) is 67.8 cm³/mol. The molecule has 1 atom stereocenters. The normalized spacial score (nSPS) is 14.7. The van der Waals surface area contributed by atoms with Gasteiger partial charge in [-0.1, -0.05) is 6.92 Å². The Kier molecular flexibility index (Phi) is 8.12. The minimum Gasteiger partial charge on any atom is -0.468 e. The summed E-state index contributed by atoms with van der Waals surface area (Å²) in [6.07, 6.45) is 1.50. The van der Waals surface area contributed by atoms with Gasteiger partial charge in [0.1, 0.15) is 5.54 Å². The van der Waals surface area contributed by atoms with Gasteiger partial charge in [-0.25, -0.2) is 0 Å². The van der Waals surface area contributed by atoms with E-state index in [4.69, 9.17) is 10.5 Å². The van der Waals surface area contributed by atoms with Crippen LogP contribution in [0.15, 0.2) is 0 Å². The molecule has 0 amide bonds. The highest BCUT2D eigenvalue weighted by atomic mass is 16.5. The van der Waals surface area contributed by atoms with Crippen molar-refractivity contribution in [1.82, 2.24) is 4.90 Å². The molecule has 0 aliphatic rings. The first-order valence-corrected chi connectivity index (χ1v) is 6.06.